The summed E-state index contributed by atoms with van der Waals surface area (Å²) in [5, 5.41) is 0. The van der Waals surface area contributed by atoms with Gasteiger partial charge in [0.2, 0.25) is 0 Å². The van der Waals surface area contributed by atoms with Gasteiger partial charge >= 0.3 is 5.97 Å². The van der Waals surface area contributed by atoms with Crippen LogP contribution in [0.25, 0.3) is 0 Å². The maximum Gasteiger partial charge on any atom is 0.347 e. The van der Waals surface area contributed by atoms with Gasteiger partial charge in [-0.3, -0.25) is 0 Å². The number of ether oxygens (including phenoxy) is 3. The van der Waals surface area contributed by atoms with E-state index in [-0.39, 0.29) is 5.92 Å². The molecule has 0 spiro atoms. The number of methoxy groups -OCH3 is 2. The molecule has 1 aliphatic heterocycles. The quantitative estimate of drug-likeness (QED) is 0.755. The first-order valence-corrected chi connectivity index (χ1v) is 5.67. The highest BCUT2D eigenvalue weighted by molar-refractivity contribution is 5.97. The van der Waals surface area contributed by atoms with E-state index in [1.165, 1.54) is 7.11 Å². The summed E-state index contributed by atoms with van der Waals surface area (Å²) >= 11 is 0. The van der Waals surface area contributed by atoms with Crippen molar-refractivity contribution in [1.82, 2.24) is 0 Å². The number of carbonyl (C=O) groups is 1. The number of cyclic esters (lactones) is 1. The Bertz CT molecular complexity index is 531. The molecule has 0 N–H and O–H groups in total. The van der Waals surface area contributed by atoms with E-state index < -0.39 is 5.97 Å². The second-order valence-corrected chi connectivity index (χ2v) is 4.27. The number of fused-ring (bicyclic) bond motifs is 1. The lowest BCUT2D eigenvalue weighted by atomic mass is 9.87. The van der Waals surface area contributed by atoms with E-state index >= 15 is 0 Å². The monoisotopic (exact) mass is 248 g/mol. The fourth-order valence-corrected chi connectivity index (χ4v) is 2.30. The van der Waals surface area contributed by atoms with E-state index in [0.29, 0.717) is 22.8 Å². The van der Waals surface area contributed by atoms with Crippen molar-refractivity contribution in [3.05, 3.63) is 35.1 Å². The molecule has 0 bridgehead atoms. The molecule has 0 aromatic heterocycles. The van der Waals surface area contributed by atoms with E-state index in [9.17, 15) is 4.79 Å². The third-order valence-corrected chi connectivity index (χ3v) is 3.34. The molecule has 0 radical (unpaired) electrons. The molecule has 1 aromatic rings. The van der Waals surface area contributed by atoms with Gasteiger partial charge in [-0.15, -0.1) is 0 Å². The molecule has 4 heteroatoms. The van der Waals surface area contributed by atoms with Crippen LogP contribution in [-0.4, -0.2) is 20.2 Å². The van der Waals surface area contributed by atoms with E-state index in [2.05, 4.69) is 6.58 Å². The first-order valence-electron chi connectivity index (χ1n) is 5.67. The second-order valence-electron chi connectivity index (χ2n) is 4.27. The minimum Gasteiger partial charge on any atom is -0.496 e. The third-order valence-electron chi connectivity index (χ3n) is 3.34. The van der Waals surface area contributed by atoms with Crippen LogP contribution in [0.5, 0.6) is 11.5 Å². The SMILES string of the molecule is C=C1OC(=O)c2c(OC)cc(OC)c(C)c2C1C. The van der Waals surface area contributed by atoms with Crippen LogP contribution in [0.3, 0.4) is 0 Å². The molecule has 0 aliphatic carbocycles. The van der Waals surface area contributed by atoms with Crippen LogP contribution in [-0.2, 0) is 4.74 Å². The Kier molecular flexibility index (Phi) is 3.03. The molecule has 0 amide bonds. The highest BCUT2D eigenvalue weighted by Gasteiger charge is 2.33. The summed E-state index contributed by atoms with van der Waals surface area (Å²) in [6.45, 7) is 7.63. The molecule has 0 fully saturated rings. The molecule has 1 heterocycles. The van der Waals surface area contributed by atoms with Crippen molar-refractivity contribution in [1.29, 1.82) is 0 Å². The summed E-state index contributed by atoms with van der Waals surface area (Å²) in [6.07, 6.45) is 0. The van der Waals surface area contributed by atoms with Gasteiger partial charge in [-0.1, -0.05) is 13.5 Å². The van der Waals surface area contributed by atoms with Gasteiger partial charge in [0, 0.05) is 12.0 Å². The van der Waals surface area contributed by atoms with Crippen molar-refractivity contribution in [2.45, 2.75) is 19.8 Å². The molecule has 18 heavy (non-hydrogen) atoms. The van der Waals surface area contributed by atoms with Crippen molar-refractivity contribution in [3.63, 3.8) is 0 Å². The lowest BCUT2D eigenvalue weighted by Crippen LogP contribution is -2.21. The standard InChI is InChI=1S/C14H16O4/c1-7-9(3)18-14(15)13-11(17-5)6-10(16-4)8(2)12(7)13/h6-7H,3H2,1-2,4-5H3. The van der Waals surface area contributed by atoms with Crippen LogP contribution in [0, 0.1) is 6.92 Å². The molecular weight excluding hydrogens is 232 g/mol. The van der Waals surface area contributed by atoms with Gasteiger partial charge in [0.05, 0.1) is 14.2 Å². The van der Waals surface area contributed by atoms with Crippen molar-refractivity contribution in [2.24, 2.45) is 0 Å². The van der Waals surface area contributed by atoms with Gasteiger partial charge in [-0.05, 0) is 18.1 Å². The highest BCUT2D eigenvalue weighted by atomic mass is 16.5. The van der Waals surface area contributed by atoms with Crippen LogP contribution in [0.2, 0.25) is 0 Å². The molecule has 4 nitrogen and oxygen atoms in total. The molecule has 1 aliphatic rings. The van der Waals surface area contributed by atoms with E-state index in [0.717, 1.165) is 11.1 Å². The van der Waals surface area contributed by atoms with Crippen molar-refractivity contribution >= 4 is 5.97 Å². The van der Waals surface area contributed by atoms with Gasteiger partial charge in [0.1, 0.15) is 22.8 Å². The van der Waals surface area contributed by atoms with Crippen LogP contribution < -0.4 is 9.47 Å². The zero-order chi connectivity index (χ0) is 13.4. The van der Waals surface area contributed by atoms with Crippen LogP contribution in [0.15, 0.2) is 18.4 Å². The zero-order valence-electron chi connectivity index (χ0n) is 11.0. The van der Waals surface area contributed by atoms with Gasteiger partial charge in [-0.2, -0.15) is 0 Å². The molecule has 2 rings (SSSR count). The normalized spacial score (nSPS) is 18.1. The van der Waals surface area contributed by atoms with Gasteiger partial charge in [0.15, 0.2) is 0 Å². The highest BCUT2D eigenvalue weighted by Crippen LogP contribution is 2.43. The fraction of sp³-hybridized carbons (Fsp3) is 0.357. The third kappa shape index (κ3) is 1.65. The van der Waals surface area contributed by atoms with Crippen molar-refractivity contribution in [2.75, 3.05) is 14.2 Å². The minimum absolute atomic E-state index is 0.0679. The summed E-state index contributed by atoms with van der Waals surface area (Å²) in [6, 6.07) is 1.70. The average molecular weight is 248 g/mol. The van der Waals surface area contributed by atoms with E-state index in [4.69, 9.17) is 14.2 Å². The zero-order valence-corrected chi connectivity index (χ0v) is 11.0. The average Bonchev–Trinajstić information content (AvgIpc) is 2.35. The Morgan fingerprint density at radius 3 is 2.44 bits per heavy atom. The fourth-order valence-electron chi connectivity index (χ4n) is 2.30. The number of hydrogen-bond acceptors (Lipinski definition) is 4. The molecule has 0 saturated carbocycles. The van der Waals surface area contributed by atoms with E-state index in [1.54, 1.807) is 13.2 Å². The minimum atomic E-state index is -0.421. The second kappa shape index (κ2) is 4.37. The van der Waals surface area contributed by atoms with Crippen LogP contribution >= 0.6 is 0 Å². The molecule has 0 saturated heterocycles. The Hall–Kier alpha value is -1.97. The summed E-state index contributed by atoms with van der Waals surface area (Å²) in [7, 11) is 3.11. The number of benzene rings is 1. The summed E-state index contributed by atoms with van der Waals surface area (Å²) in [5.41, 5.74) is 2.25. The first kappa shape index (κ1) is 12.5. The molecule has 96 valence electrons. The lowest BCUT2D eigenvalue weighted by Gasteiger charge is -2.27. The Morgan fingerprint density at radius 2 is 1.89 bits per heavy atom. The molecule has 1 atom stereocenters. The maximum absolute atomic E-state index is 12.0. The van der Waals surface area contributed by atoms with Crippen molar-refractivity contribution in [3.8, 4) is 11.5 Å². The number of rotatable bonds is 2. The van der Waals surface area contributed by atoms with Gasteiger partial charge < -0.3 is 14.2 Å². The molecular formula is C14H16O4. The number of esters is 1. The summed E-state index contributed by atoms with van der Waals surface area (Å²) in [5.74, 6) is 1.13. The molecule has 1 aromatic carbocycles. The first-order chi connectivity index (χ1) is 8.51. The maximum atomic E-state index is 12.0. The van der Waals surface area contributed by atoms with Crippen LogP contribution in [0.1, 0.15) is 34.3 Å². The topological polar surface area (TPSA) is 44.8 Å². The Balaban J connectivity index is 2.79. The number of hydrogen-bond donors (Lipinski definition) is 0. The molecule has 1 unspecified atom stereocenters. The summed E-state index contributed by atoms with van der Waals surface area (Å²) in [4.78, 5) is 12.0. The van der Waals surface area contributed by atoms with Gasteiger partial charge in [0.25, 0.3) is 0 Å². The number of carbonyl (C=O) groups excluding carboxylic acids is 1. The van der Waals surface area contributed by atoms with E-state index in [1.807, 2.05) is 13.8 Å². The van der Waals surface area contributed by atoms with Gasteiger partial charge in [-0.25, -0.2) is 4.79 Å². The Morgan fingerprint density at radius 1 is 1.28 bits per heavy atom. The smallest absolute Gasteiger partial charge is 0.347 e. The largest absolute Gasteiger partial charge is 0.496 e. The number of allylic oxidation sites excluding steroid dienone is 1. The Labute approximate surface area is 106 Å². The predicted molar refractivity (Wildman–Crippen MR) is 67.3 cm³/mol. The predicted octanol–water partition coefficient (Wildman–Crippen LogP) is 2.80. The van der Waals surface area contributed by atoms with Crippen LogP contribution in [0.4, 0.5) is 0 Å². The van der Waals surface area contributed by atoms with Crippen molar-refractivity contribution < 1.29 is 19.0 Å². The summed E-state index contributed by atoms with van der Waals surface area (Å²) < 4.78 is 15.7. The lowest BCUT2D eigenvalue weighted by molar-refractivity contribution is 0.0580.